The van der Waals surface area contributed by atoms with Crippen LogP contribution in [-0.2, 0) is 5.41 Å². The predicted octanol–water partition coefficient (Wildman–Crippen LogP) is 5.59. The highest BCUT2D eigenvalue weighted by Crippen LogP contribution is 2.40. The van der Waals surface area contributed by atoms with Crippen LogP contribution in [0.5, 0.6) is 0 Å². The molecule has 0 spiro atoms. The van der Waals surface area contributed by atoms with Crippen LogP contribution < -0.4 is 15.5 Å². The number of benzene rings is 1. The molecule has 5 rings (SSSR count). The lowest BCUT2D eigenvalue weighted by atomic mass is 9.79. The molecular formula is C27H32FN7S2. The summed E-state index contributed by atoms with van der Waals surface area (Å²) >= 11 is 7.08. The average Bonchev–Trinajstić information content (AvgIpc) is 3.39. The fourth-order valence-electron chi connectivity index (χ4n) is 5.33. The quantitative estimate of drug-likeness (QED) is 0.228. The molecule has 1 aromatic carbocycles. The van der Waals surface area contributed by atoms with E-state index in [0.717, 1.165) is 61.6 Å². The molecule has 0 radical (unpaired) electrons. The summed E-state index contributed by atoms with van der Waals surface area (Å²) < 4.78 is 13.5. The number of rotatable bonds is 7. The molecule has 0 amide bonds. The number of thiocarbonyl (C=S) groups is 1. The number of hydrogen-bond acceptors (Lipinski definition) is 7. The Bertz CT molecular complexity index is 1200. The van der Waals surface area contributed by atoms with Crippen molar-refractivity contribution < 1.29 is 4.39 Å². The van der Waals surface area contributed by atoms with Gasteiger partial charge in [0.25, 0.3) is 0 Å². The summed E-state index contributed by atoms with van der Waals surface area (Å²) in [7, 11) is 0. The molecule has 7 nitrogen and oxygen atoms in total. The van der Waals surface area contributed by atoms with Gasteiger partial charge in [0.2, 0.25) is 5.95 Å². The third kappa shape index (κ3) is 6.54. The maximum Gasteiger partial charge on any atom is 0.232 e. The number of piperidine rings is 1. The largest absolute Gasteiger partial charge is 0.361 e. The number of nitrogens with zero attached hydrogens (tertiary/aromatic N) is 5. The van der Waals surface area contributed by atoms with E-state index in [-0.39, 0.29) is 11.2 Å². The molecule has 1 saturated heterocycles. The maximum atomic E-state index is 13.5. The minimum absolute atomic E-state index is 0.0578. The first-order valence-corrected chi connectivity index (χ1v) is 14.1. The van der Waals surface area contributed by atoms with Gasteiger partial charge in [0, 0.05) is 43.5 Å². The fraction of sp³-hybridized carbons (Fsp3) is 0.444. The SMILES string of the molecule is C[C@@H]1CCCN(c2cc(Sc3ncccn3)nc(NC(=S)NCC3(c4ccc(F)cc4)CCCC3)n2)C1. The molecule has 0 unspecified atom stereocenters. The van der Waals surface area contributed by atoms with Gasteiger partial charge < -0.3 is 15.5 Å². The predicted molar refractivity (Wildman–Crippen MR) is 150 cm³/mol. The fourth-order valence-corrected chi connectivity index (χ4v) is 6.20. The van der Waals surface area contributed by atoms with Crippen molar-refractivity contribution in [3.8, 4) is 0 Å². The second-order valence-electron chi connectivity index (χ2n) is 10.0. The third-order valence-electron chi connectivity index (χ3n) is 7.24. The lowest BCUT2D eigenvalue weighted by molar-refractivity contribution is 0.434. The van der Waals surface area contributed by atoms with Crippen LogP contribution in [0.2, 0.25) is 0 Å². The normalized spacial score (nSPS) is 19.0. The lowest BCUT2D eigenvalue weighted by Gasteiger charge is -2.32. The van der Waals surface area contributed by atoms with Crippen molar-refractivity contribution in [3.05, 3.63) is 60.2 Å². The summed E-state index contributed by atoms with van der Waals surface area (Å²) in [6, 6.07) is 10.7. The first-order valence-electron chi connectivity index (χ1n) is 12.9. The van der Waals surface area contributed by atoms with E-state index in [1.165, 1.54) is 18.2 Å². The second kappa shape index (κ2) is 11.7. The molecule has 0 bridgehead atoms. The molecular weight excluding hydrogens is 505 g/mol. The van der Waals surface area contributed by atoms with Gasteiger partial charge in [-0.1, -0.05) is 31.9 Å². The number of halogens is 1. The Morgan fingerprint density at radius 3 is 2.62 bits per heavy atom. The van der Waals surface area contributed by atoms with E-state index >= 15 is 0 Å². The van der Waals surface area contributed by atoms with Gasteiger partial charge >= 0.3 is 0 Å². The molecule has 194 valence electrons. The van der Waals surface area contributed by atoms with Gasteiger partial charge in [0.1, 0.15) is 16.7 Å². The molecule has 1 aliphatic carbocycles. The van der Waals surface area contributed by atoms with Crippen molar-refractivity contribution in [1.29, 1.82) is 0 Å². The summed E-state index contributed by atoms with van der Waals surface area (Å²) in [5, 5.41) is 8.49. The summed E-state index contributed by atoms with van der Waals surface area (Å²) in [6.45, 7) is 4.88. The van der Waals surface area contributed by atoms with Crippen molar-refractivity contribution in [1.82, 2.24) is 25.3 Å². The third-order valence-corrected chi connectivity index (χ3v) is 8.30. The molecule has 2 fully saturated rings. The van der Waals surface area contributed by atoms with Crippen molar-refractivity contribution >= 4 is 40.9 Å². The first-order chi connectivity index (χ1) is 18.0. The number of nitrogens with one attached hydrogen (secondary N) is 2. The molecule has 10 heteroatoms. The molecule has 2 aromatic heterocycles. The lowest BCUT2D eigenvalue weighted by Crippen LogP contribution is -2.41. The number of hydrogen-bond donors (Lipinski definition) is 2. The minimum Gasteiger partial charge on any atom is -0.361 e. The van der Waals surface area contributed by atoms with E-state index in [2.05, 4.69) is 32.4 Å². The molecule has 2 aliphatic rings. The highest BCUT2D eigenvalue weighted by Gasteiger charge is 2.35. The van der Waals surface area contributed by atoms with Crippen molar-refractivity contribution in [3.63, 3.8) is 0 Å². The van der Waals surface area contributed by atoms with E-state index in [4.69, 9.17) is 22.2 Å². The first kappa shape index (κ1) is 25.8. The van der Waals surface area contributed by atoms with Crippen LogP contribution >= 0.6 is 24.0 Å². The van der Waals surface area contributed by atoms with Gasteiger partial charge in [0.15, 0.2) is 10.3 Å². The van der Waals surface area contributed by atoms with E-state index in [1.807, 2.05) is 18.2 Å². The zero-order chi connectivity index (χ0) is 25.7. The monoisotopic (exact) mass is 537 g/mol. The summed E-state index contributed by atoms with van der Waals surface area (Å²) in [4.78, 5) is 20.5. The molecule has 1 saturated carbocycles. The van der Waals surface area contributed by atoms with Crippen molar-refractivity contribution in [2.45, 2.75) is 61.0 Å². The van der Waals surface area contributed by atoms with Gasteiger partial charge in [-0.2, -0.15) is 4.98 Å². The summed E-state index contributed by atoms with van der Waals surface area (Å²) in [5.41, 5.74) is 1.10. The van der Waals surface area contributed by atoms with Gasteiger partial charge in [-0.25, -0.2) is 19.3 Å². The van der Waals surface area contributed by atoms with Crippen LogP contribution in [0.3, 0.4) is 0 Å². The van der Waals surface area contributed by atoms with E-state index in [0.29, 0.717) is 28.7 Å². The average molecular weight is 538 g/mol. The number of aromatic nitrogens is 4. The molecule has 37 heavy (non-hydrogen) atoms. The van der Waals surface area contributed by atoms with Gasteiger partial charge in [-0.05, 0) is 79.3 Å². The summed E-state index contributed by atoms with van der Waals surface area (Å²) in [5.74, 6) is 1.74. The maximum absolute atomic E-state index is 13.5. The Hall–Kier alpha value is -2.85. The number of anilines is 2. The highest BCUT2D eigenvalue weighted by molar-refractivity contribution is 7.99. The molecule has 1 atom stereocenters. The van der Waals surface area contributed by atoms with E-state index in [1.54, 1.807) is 30.6 Å². The highest BCUT2D eigenvalue weighted by atomic mass is 32.2. The van der Waals surface area contributed by atoms with Gasteiger partial charge in [-0.3, -0.25) is 0 Å². The molecule has 2 N–H and O–H groups in total. The molecule has 3 heterocycles. The Balaban J connectivity index is 1.32. The van der Waals surface area contributed by atoms with Crippen LogP contribution in [0.4, 0.5) is 16.2 Å². The Labute approximate surface area is 227 Å². The molecule has 1 aliphatic heterocycles. The summed E-state index contributed by atoms with van der Waals surface area (Å²) in [6.07, 6.45) is 10.2. The zero-order valence-electron chi connectivity index (χ0n) is 21.0. The van der Waals surface area contributed by atoms with Crippen LogP contribution in [0.25, 0.3) is 0 Å². The standard InChI is InChI=1S/C27H32FN7S2/c1-19-6-4-15-35(17-19)22-16-23(37-26-29-13-5-14-30-26)33-24(32-22)34-25(36)31-18-27(11-2-3-12-27)20-7-9-21(28)10-8-20/h5,7-10,13-14,16,19H,2-4,6,11-12,15,17-18H2,1H3,(H2,31,32,33,34,36)/t19-/m1/s1. The van der Waals surface area contributed by atoms with Crippen LogP contribution in [0, 0.1) is 11.7 Å². The van der Waals surface area contributed by atoms with E-state index < -0.39 is 0 Å². The van der Waals surface area contributed by atoms with Crippen molar-refractivity contribution in [2.75, 3.05) is 29.9 Å². The minimum atomic E-state index is -0.211. The van der Waals surface area contributed by atoms with E-state index in [9.17, 15) is 4.39 Å². The zero-order valence-corrected chi connectivity index (χ0v) is 22.6. The Morgan fingerprint density at radius 1 is 1.14 bits per heavy atom. The Kier molecular flexibility index (Phi) is 8.14. The van der Waals surface area contributed by atoms with Crippen LogP contribution in [0.1, 0.15) is 51.0 Å². The van der Waals surface area contributed by atoms with Gasteiger partial charge in [-0.15, -0.1) is 0 Å². The second-order valence-corrected chi connectivity index (χ2v) is 11.4. The van der Waals surface area contributed by atoms with Crippen LogP contribution in [0.15, 0.2) is 59.0 Å². The Morgan fingerprint density at radius 2 is 1.89 bits per heavy atom. The van der Waals surface area contributed by atoms with Crippen molar-refractivity contribution in [2.24, 2.45) is 5.92 Å². The van der Waals surface area contributed by atoms with Gasteiger partial charge in [0.05, 0.1) is 0 Å². The topological polar surface area (TPSA) is 78.9 Å². The van der Waals surface area contributed by atoms with Crippen LogP contribution in [-0.4, -0.2) is 44.7 Å². The smallest absolute Gasteiger partial charge is 0.232 e. The molecule has 3 aromatic rings.